The zero-order valence-electron chi connectivity index (χ0n) is 23.9. The Morgan fingerprint density at radius 3 is 2.56 bits per heavy atom. The van der Waals surface area contributed by atoms with Crippen LogP contribution in [0.25, 0.3) is 22.3 Å². The van der Waals surface area contributed by atoms with Crippen molar-refractivity contribution in [2.45, 2.75) is 40.0 Å². The Bertz CT molecular complexity index is 1620. The molecule has 41 heavy (non-hydrogen) atoms. The standard InChI is InChI=1S/C32H34FN5S.C2H2/c1-7-9-20(5)36-24-13-23(17-35-18-24)26-14-22(28(34)16-27(26)33)15-31-37-21(6)32(38-31)25(10-8-2)30-12-11-29(39-30)19(3)4;1-2/h8,10-14,16-18,36H,2-3,5,7,9,15,34H2,1,4,6H3,(H,37,38);1-2H/b25-10-;. The first-order valence-corrected chi connectivity index (χ1v) is 14.0. The fourth-order valence-corrected chi connectivity index (χ4v) is 5.35. The van der Waals surface area contributed by atoms with Crippen LogP contribution in [0.4, 0.5) is 15.8 Å². The molecule has 0 bridgehead atoms. The van der Waals surface area contributed by atoms with Crippen LogP contribution in [0.1, 0.15) is 59.2 Å². The SMILES string of the molecule is C#C.C=C/C=C(/c1ccc(C(=C)C)s1)c1nc(Cc2cc(-c3cncc(NC(=C)CCC)c3)c(F)cc2N)[nH]c1C. The molecule has 1 aromatic carbocycles. The second-order valence-electron chi connectivity index (χ2n) is 9.57. The van der Waals surface area contributed by atoms with Crippen molar-refractivity contribution >= 4 is 33.9 Å². The van der Waals surface area contributed by atoms with E-state index in [0.29, 0.717) is 23.2 Å². The number of aromatic nitrogens is 3. The van der Waals surface area contributed by atoms with Crippen LogP contribution in [0.15, 0.2) is 80.3 Å². The van der Waals surface area contributed by atoms with Crippen LogP contribution in [0.3, 0.4) is 0 Å². The number of hydrogen-bond donors (Lipinski definition) is 3. The van der Waals surface area contributed by atoms with Gasteiger partial charge in [0, 0.05) is 56.2 Å². The Morgan fingerprint density at radius 1 is 1.17 bits per heavy atom. The minimum absolute atomic E-state index is 0.372. The van der Waals surface area contributed by atoms with Crippen molar-refractivity contribution in [3.63, 3.8) is 0 Å². The van der Waals surface area contributed by atoms with Crippen LogP contribution >= 0.6 is 11.3 Å². The zero-order chi connectivity index (χ0) is 30.1. The molecule has 0 fully saturated rings. The van der Waals surface area contributed by atoms with Crippen LogP contribution in [0.2, 0.25) is 0 Å². The van der Waals surface area contributed by atoms with Gasteiger partial charge in [-0.25, -0.2) is 9.37 Å². The van der Waals surface area contributed by atoms with E-state index in [4.69, 9.17) is 10.7 Å². The molecule has 0 unspecified atom stereocenters. The number of thiophene rings is 1. The lowest BCUT2D eigenvalue weighted by atomic mass is 10.00. The summed E-state index contributed by atoms with van der Waals surface area (Å²) in [6.07, 6.45) is 17.3. The van der Waals surface area contributed by atoms with E-state index >= 15 is 4.39 Å². The third-order valence-corrected chi connectivity index (χ3v) is 7.55. The number of pyridine rings is 1. The minimum atomic E-state index is -0.402. The maximum atomic E-state index is 15.1. The molecule has 0 radical (unpaired) electrons. The molecule has 210 valence electrons. The third kappa shape index (κ3) is 7.50. The molecule has 0 saturated carbocycles. The Balaban J connectivity index is 0.00000226. The number of rotatable bonds is 11. The number of imidazole rings is 1. The van der Waals surface area contributed by atoms with Gasteiger partial charge >= 0.3 is 0 Å². The van der Waals surface area contributed by atoms with E-state index in [1.165, 1.54) is 6.07 Å². The summed E-state index contributed by atoms with van der Waals surface area (Å²) in [6, 6.07) is 9.17. The van der Waals surface area contributed by atoms with Gasteiger partial charge in [0.05, 0.1) is 17.6 Å². The van der Waals surface area contributed by atoms with Gasteiger partial charge in [-0.05, 0) is 61.7 Å². The second-order valence-corrected chi connectivity index (χ2v) is 10.6. The van der Waals surface area contributed by atoms with Gasteiger partial charge in [0.2, 0.25) is 0 Å². The van der Waals surface area contributed by atoms with Gasteiger partial charge in [-0.3, -0.25) is 4.98 Å². The van der Waals surface area contributed by atoms with Gasteiger partial charge in [0.25, 0.3) is 0 Å². The fourth-order valence-electron chi connectivity index (χ4n) is 4.39. The summed E-state index contributed by atoms with van der Waals surface area (Å²) in [7, 11) is 0. The molecule has 0 atom stereocenters. The van der Waals surface area contributed by atoms with Crippen LogP contribution in [0.5, 0.6) is 0 Å². The van der Waals surface area contributed by atoms with E-state index in [9.17, 15) is 0 Å². The summed E-state index contributed by atoms with van der Waals surface area (Å²) in [5, 5.41) is 3.25. The highest BCUT2D eigenvalue weighted by molar-refractivity contribution is 7.14. The van der Waals surface area contributed by atoms with Crippen molar-refractivity contribution < 1.29 is 4.39 Å². The summed E-state index contributed by atoms with van der Waals surface area (Å²) in [5.41, 5.74) is 13.9. The zero-order valence-corrected chi connectivity index (χ0v) is 24.7. The number of H-pyrrole nitrogens is 1. The molecule has 0 aliphatic carbocycles. The lowest BCUT2D eigenvalue weighted by Crippen LogP contribution is -2.01. The number of benzene rings is 1. The smallest absolute Gasteiger partial charge is 0.133 e. The Morgan fingerprint density at radius 2 is 1.90 bits per heavy atom. The summed E-state index contributed by atoms with van der Waals surface area (Å²) < 4.78 is 15.1. The van der Waals surface area contributed by atoms with Gasteiger partial charge < -0.3 is 16.0 Å². The molecule has 0 spiro atoms. The molecule has 0 amide bonds. The number of nitrogens with two attached hydrogens (primary N) is 1. The topological polar surface area (TPSA) is 79.6 Å². The molecule has 3 heterocycles. The van der Waals surface area contributed by atoms with Crippen molar-refractivity contribution in [2.24, 2.45) is 0 Å². The predicted molar refractivity (Wildman–Crippen MR) is 174 cm³/mol. The molecule has 5 nitrogen and oxygen atoms in total. The number of halogens is 1. The average Bonchev–Trinajstić information content (AvgIpc) is 3.57. The molecule has 3 aromatic heterocycles. The van der Waals surface area contributed by atoms with Crippen molar-refractivity contribution in [3.8, 4) is 24.0 Å². The number of nitrogens with zero attached hydrogens (tertiary/aromatic N) is 2. The Hall–Kier alpha value is -4.67. The van der Waals surface area contributed by atoms with Crippen molar-refractivity contribution in [3.05, 3.63) is 119 Å². The molecule has 0 saturated heterocycles. The maximum absolute atomic E-state index is 15.1. The average molecular weight is 566 g/mol. The number of terminal acetylenes is 1. The molecule has 0 aliphatic rings. The highest BCUT2D eigenvalue weighted by Crippen LogP contribution is 2.34. The summed E-state index contributed by atoms with van der Waals surface area (Å²) in [4.78, 5) is 14.8. The van der Waals surface area contributed by atoms with Gasteiger partial charge in [0.1, 0.15) is 11.6 Å². The number of nitrogen functional groups attached to an aromatic ring is 1. The third-order valence-electron chi connectivity index (χ3n) is 6.27. The van der Waals surface area contributed by atoms with E-state index in [0.717, 1.165) is 67.9 Å². The van der Waals surface area contributed by atoms with E-state index in [1.807, 2.05) is 26.0 Å². The predicted octanol–water partition coefficient (Wildman–Crippen LogP) is 8.78. The molecular weight excluding hydrogens is 529 g/mol. The van der Waals surface area contributed by atoms with Crippen LogP contribution in [-0.2, 0) is 6.42 Å². The first kappa shape index (κ1) is 30.9. The molecular formula is C34H36FN5S. The van der Waals surface area contributed by atoms with E-state index in [2.05, 4.69) is 66.9 Å². The Kier molecular flexibility index (Phi) is 10.6. The van der Waals surface area contributed by atoms with Gasteiger partial charge in [-0.1, -0.05) is 45.2 Å². The van der Waals surface area contributed by atoms with Crippen molar-refractivity contribution in [2.75, 3.05) is 11.1 Å². The Labute approximate surface area is 246 Å². The van der Waals surface area contributed by atoms with E-state index < -0.39 is 5.82 Å². The van der Waals surface area contributed by atoms with Crippen molar-refractivity contribution in [1.82, 2.24) is 15.0 Å². The normalized spacial score (nSPS) is 10.9. The quantitative estimate of drug-likeness (QED) is 0.0965. The number of nitrogens with one attached hydrogen (secondary N) is 2. The summed E-state index contributed by atoms with van der Waals surface area (Å²) >= 11 is 1.67. The van der Waals surface area contributed by atoms with Gasteiger partial charge in [0.15, 0.2) is 0 Å². The molecule has 4 aromatic rings. The van der Waals surface area contributed by atoms with Gasteiger partial charge in [-0.15, -0.1) is 24.2 Å². The second kappa shape index (κ2) is 14.1. The van der Waals surface area contributed by atoms with Crippen LogP contribution in [-0.4, -0.2) is 15.0 Å². The van der Waals surface area contributed by atoms with E-state index in [-0.39, 0.29) is 0 Å². The number of anilines is 2. The maximum Gasteiger partial charge on any atom is 0.133 e. The lowest BCUT2D eigenvalue weighted by molar-refractivity contribution is 0.631. The highest BCUT2D eigenvalue weighted by Gasteiger charge is 2.17. The van der Waals surface area contributed by atoms with Crippen LogP contribution < -0.4 is 11.1 Å². The van der Waals surface area contributed by atoms with E-state index in [1.54, 1.807) is 35.9 Å². The summed E-state index contributed by atoms with van der Waals surface area (Å²) in [6.45, 7) is 18.1. The van der Waals surface area contributed by atoms with Crippen LogP contribution in [0, 0.1) is 25.6 Å². The number of allylic oxidation sites excluding steroid dienone is 4. The summed E-state index contributed by atoms with van der Waals surface area (Å²) in [5.74, 6) is 0.337. The number of hydrogen-bond acceptors (Lipinski definition) is 5. The number of aryl methyl sites for hydroxylation is 1. The molecule has 4 N–H and O–H groups in total. The first-order chi connectivity index (χ1) is 19.7. The molecule has 7 heteroatoms. The fraction of sp³-hybridized carbons (Fsp3) is 0.176. The lowest BCUT2D eigenvalue weighted by Gasteiger charge is -2.12. The largest absolute Gasteiger partial charge is 0.398 e. The molecule has 4 rings (SSSR count). The van der Waals surface area contributed by atoms with Gasteiger partial charge in [-0.2, -0.15) is 0 Å². The monoisotopic (exact) mass is 565 g/mol. The molecule has 0 aliphatic heterocycles. The first-order valence-electron chi connectivity index (χ1n) is 13.2. The highest BCUT2D eigenvalue weighted by atomic mass is 32.1. The van der Waals surface area contributed by atoms with Crippen molar-refractivity contribution in [1.29, 1.82) is 0 Å². The minimum Gasteiger partial charge on any atom is -0.398 e. The number of aromatic amines is 1.